The van der Waals surface area contributed by atoms with Gasteiger partial charge in [-0.05, 0) is 99.8 Å². The van der Waals surface area contributed by atoms with E-state index in [4.69, 9.17) is 28.4 Å². The lowest BCUT2D eigenvalue weighted by Crippen LogP contribution is -2.26. The quantitative estimate of drug-likeness (QED) is 0.0438. The molecule has 1 saturated carbocycles. The van der Waals surface area contributed by atoms with Crippen molar-refractivity contribution in [3.63, 3.8) is 0 Å². The van der Waals surface area contributed by atoms with E-state index in [9.17, 15) is 19.2 Å². The van der Waals surface area contributed by atoms with Gasteiger partial charge in [-0.2, -0.15) is 0 Å². The summed E-state index contributed by atoms with van der Waals surface area (Å²) in [6, 6.07) is 22.2. The van der Waals surface area contributed by atoms with Crippen LogP contribution >= 0.6 is 0 Å². The van der Waals surface area contributed by atoms with Crippen molar-refractivity contribution in [1.29, 1.82) is 0 Å². The molecule has 0 bridgehead atoms. The van der Waals surface area contributed by atoms with Gasteiger partial charge in [0.2, 0.25) is 0 Å². The van der Waals surface area contributed by atoms with E-state index in [1.807, 2.05) is 44.2 Å². The van der Waals surface area contributed by atoms with Crippen LogP contribution in [0.1, 0.15) is 66.7 Å². The third-order valence-corrected chi connectivity index (χ3v) is 8.36. The van der Waals surface area contributed by atoms with Crippen molar-refractivity contribution in [2.45, 2.75) is 64.3 Å². The second kappa shape index (κ2) is 19.7. The summed E-state index contributed by atoms with van der Waals surface area (Å²) >= 11 is 0. The molecule has 0 radical (unpaired) electrons. The van der Waals surface area contributed by atoms with Crippen molar-refractivity contribution in [2.24, 2.45) is 11.8 Å². The minimum absolute atomic E-state index is 0.165. The van der Waals surface area contributed by atoms with E-state index >= 15 is 0 Å². The van der Waals surface area contributed by atoms with Gasteiger partial charge in [0.05, 0.1) is 31.5 Å². The summed E-state index contributed by atoms with van der Waals surface area (Å²) in [7, 11) is 3.08. The van der Waals surface area contributed by atoms with E-state index in [1.165, 1.54) is 13.2 Å². The zero-order valence-corrected chi connectivity index (χ0v) is 29.5. The van der Waals surface area contributed by atoms with Gasteiger partial charge < -0.3 is 28.4 Å². The molecule has 10 nitrogen and oxygen atoms in total. The summed E-state index contributed by atoms with van der Waals surface area (Å²) in [5.41, 5.74) is 0.675. The molecular formula is C41H46O10. The maximum Gasteiger partial charge on any atom is 0.338 e. The standard InChI is InChI=1S/C41H46O10/c1-28(2)49-39(43)15-11-6-5-10-14-35-36(25-20-31(42)27-48-34-12-8-7-9-13-34)38(51-41(45)30-18-23-33(47-4)24-19-30)26-37(35)50-40(44)29-16-21-32(46-3)22-17-29/h5,7-10,12-13,16-25,28,35-38H,6,11,14-15,26-27H2,1-4H3/t35-,36-,37+,38-/m1/s1. The number of carbonyl (C=O) groups excluding carboxylic acids is 4. The predicted molar refractivity (Wildman–Crippen MR) is 191 cm³/mol. The van der Waals surface area contributed by atoms with E-state index in [2.05, 4.69) is 0 Å². The van der Waals surface area contributed by atoms with Crippen LogP contribution in [0.3, 0.4) is 0 Å². The average Bonchev–Trinajstić information content (AvgIpc) is 3.45. The molecule has 0 N–H and O–H groups in total. The van der Waals surface area contributed by atoms with E-state index in [1.54, 1.807) is 73.8 Å². The molecule has 3 aromatic carbocycles. The number of methoxy groups -OCH3 is 2. The Balaban J connectivity index is 1.56. The summed E-state index contributed by atoms with van der Waals surface area (Å²) in [5, 5.41) is 0. The normalized spacial score (nSPS) is 18.5. The van der Waals surface area contributed by atoms with Gasteiger partial charge in [-0.1, -0.05) is 36.4 Å². The molecule has 1 aliphatic carbocycles. The molecular weight excluding hydrogens is 652 g/mol. The van der Waals surface area contributed by atoms with Gasteiger partial charge in [-0.25, -0.2) is 9.59 Å². The van der Waals surface area contributed by atoms with Gasteiger partial charge in [0.25, 0.3) is 0 Å². The number of allylic oxidation sites excluding steroid dienone is 2. The molecule has 0 heterocycles. The van der Waals surface area contributed by atoms with Crippen LogP contribution in [-0.2, 0) is 23.8 Å². The van der Waals surface area contributed by atoms with Crippen LogP contribution < -0.4 is 14.2 Å². The molecule has 0 amide bonds. The maximum absolute atomic E-state index is 13.4. The number of esters is 3. The fourth-order valence-corrected chi connectivity index (χ4v) is 5.78. The molecule has 0 spiro atoms. The van der Waals surface area contributed by atoms with E-state index in [0.29, 0.717) is 54.1 Å². The van der Waals surface area contributed by atoms with Crippen molar-refractivity contribution >= 4 is 23.7 Å². The Morgan fingerprint density at radius 1 is 0.745 bits per heavy atom. The Labute approximate surface area is 299 Å². The maximum atomic E-state index is 13.4. The topological polar surface area (TPSA) is 124 Å². The number of para-hydroxylation sites is 1. The van der Waals surface area contributed by atoms with Gasteiger partial charge in [0, 0.05) is 24.7 Å². The smallest absolute Gasteiger partial charge is 0.338 e. The van der Waals surface area contributed by atoms with Crippen LogP contribution in [0.4, 0.5) is 0 Å². The minimum Gasteiger partial charge on any atom is -0.497 e. The Morgan fingerprint density at radius 2 is 1.33 bits per heavy atom. The zero-order valence-electron chi connectivity index (χ0n) is 29.5. The van der Waals surface area contributed by atoms with E-state index in [0.717, 1.165) is 0 Å². The van der Waals surface area contributed by atoms with Gasteiger partial charge >= 0.3 is 17.9 Å². The molecule has 0 saturated heterocycles. The molecule has 3 aromatic rings. The summed E-state index contributed by atoms with van der Waals surface area (Å²) in [4.78, 5) is 51.7. The van der Waals surface area contributed by atoms with E-state index in [-0.39, 0.29) is 36.8 Å². The lowest BCUT2D eigenvalue weighted by molar-refractivity contribution is -0.147. The lowest BCUT2D eigenvalue weighted by atomic mass is 9.89. The Kier molecular flexibility index (Phi) is 14.9. The number of ether oxygens (including phenoxy) is 6. The SMILES string of the molecule is COc1ccc(C(=O)O[C@H]2C[C@@H](OC(=O)c3ccc(OC)cc3)[C@H](C=CC(=O)COc3ccccc3)[C@H]2CC=CCCCC(=O)OC(C)C)cc1. The number of rotatable bonds is 18. The first kappa shape index (κ1) is 38.4. The molecule has 0 aromatic heterocycles. The zero-order chi connectivity index (χ0) is 36.6. The summed E-state index contributed by atoms with van der Waals surface area (Å²) in [5.74, 6) is -0.662. The van der Waals surface area contributed by atoms with Crippen molar-refractivity contribution in [3.05, 3.63) is 114 Å². The van der Waals surface area contributed by atoms with E-state index < -0.39 is 30.1 Å². The first-order valence-corrected chi connectivity index (χ1v) is 17.1. The molecule has 0 aliphatic heterocycles. The molecule has 1 fully saturated rings. The van der Waals surface area contributed by atoms with Gasteiger partial charge in [0.1, 0.15) is 29.5 Å². The minimum atomic E-state index is -0.712. The molecule has 51 heavy (non-hydrogen) atoms. The summed E-state index contributed by atoms with van der Waals surface area (Å²) in [6.45, 7) is 3.45. The fraction of sp³-hybridized carbons (Fsp3) is 0.366. The number of benzene rings is 3. The Morgan fingerprint density at radius 3 is 1.90 bits per heavy atom. The van der Waals surface area contributed by atoms with Crippen molar-refractivity contribution in [1.82, 2.24) is 0 Å². The Bertz CT molecular complexity index is 1630. The Hall–Kier alpha value is -5.38. The lowest BCUT2D eigenvalue weighted by Gasteiger charge is -2.23. The number of carbonyl (C=O) groups is 4. The number of unbranched alkanes of at least 4 members (excludes halogenated alkanes) is 1. The van der Waals surface area contributed by atoms with Crippen LogP contribution in [0, 0.1) is 11.8 Å². The highest BCUT2D eigenvalue weighted by Gasteiger charge is 2.46. The summed E-state index contributed by atoms with van der Waals surface area (Å²) < 4.78 is 33.5. The molecule has 4 rings (SSSR count). The first-order chi connectivity index (χ1) is 24.7. The van der Waals surface area contributed by atoms with Crippen LogP contribution in [0.15, 0.2) is 103 Å². The highest BCUT2D eigenvalue weighted by atomic mass is 16.6. The molecule has 0 unspecified atom stereocenters. The average molecular weight is 699 g/mol. The van der Waals surface area contributed by atoms with Crippen molar-refractivity contribution < 1.29 is 47.6 Å². The summed E-state index contributed by atoms with van der Waals surface area (Å²) in [6.07, 6.45) is 7.81. The highest BCUT2D eigenvalue weighted by Crippen LogP contribution is 2.41. The monoisotopic (exact) mass is 698 g/mol. The van der Waals surface area contributed by atoms with Crippen LogP contribution in [0.2, 0.25) is 0 Å². The second-order valence-electron chi connectivity index (χ2n) is 12.4. The molecule has 4 atom stereocenters. The largest absolute Gasteiger partial charge is 0.497 e. The third kappa shape index (κ3) is 12.2. The number of ketones is 1. The third-order valence-electron chi connectivity index (χ3n) is 8.36. The number of hydrogen-bond donors (Lipinski definition) is 0. The fourth-order valence-electron chi connectivity index (χ4n) is 5.78. The predicted octanol–water partition coefficient (Wildman–Crippen LogP) is 7.36. The highest BCUT2D eigenvalue weighted by molar-refractivity contribution is 5.91. The van der Waals surface area contributed by atoms with Gasteiger partial charge in [-0.15, -0.1) is 0 Å². The molecule has 10 heteroatoms. The van der Waals surface area contributed by atoms with Crippen molar-refractivity contribution in [2.75, 3.05) is 20.8 Å². The number of hydrogen-bond acceptors (Lipinski definition) is 10. The molecule has 270 valence electrons. The first-order valence-electron chi connectivity index (χ1n) is 17.1. The van der Waals surface area contributed by atoms with Crippen LogP contribution in [0.5, 0.6) is 17.2 Å². The van der Waals surface area contributed by atoms with Crippen LogP contribution in [-0.4, -0.2) is 62.8 Å². The van der Waals surface area contributed by atoms with Gasteiger partial charge in [0.15, 0.2) is 12.4 Å². The molecule has 1 aliphatic rings. The van der Waals surface area contributed by atoms with Crippen molar-refractivity contribution in [3.8, 4) is 17.2 Å². The second-order valence-corrected chi connectivity index (χ2v) is 12.4. The van der Waals surface area contributed by atoms with Crippen LogP contribution in [0.25, 0.3) is 0 Å². The van der Waals surface area contributed by atoms with Gasteiger partial charge in [-0.3, -0.25) is 9.59 Å².